The van der Waals surface area contributed by atoms with Gasteiger partial charge in [0.1, 0.15) is 11.3 Å². The van der Waals surface area contributed by atoms with Crippen LogP contribution in [0.1, 0.15) is 34.2 Å². The Labute approximate surface area is 139 Å². The molecule has 6 nitrogen and oxygen atoms in total. The van der Waals surface area contributed by atoms with Crippen molar-refractivity contribution in [3.63, 3.8) is 0 Å². The summed E-state index contributed by atoms with van der Waals surface area (Å²) in [5.41, 5.74) is 6.46. The van der Waals surface area contributed by atoms with Crippen molar-refractivity contribution in [2.45, 2.75) is 13.8 Å². The summed E-state index contributed by atoms with van der Waals surface area (Å²) in [4.78, 5) is 16.8. The summed E-state index contributed by atoms with van der Waals surface area (Å²) >= 11 is 0. The first-order valence-corrected chi connectivity index (χ1v) is 7.39. The molecule has 0 aliphatic heterocycles. The van der Waals surface area contributed by atoms with E-state index >= 15 is 0 Å². The van der Waals surface area contributed by atoms with Gasteiger partial charge in [0.05, 0.1) is 23.0 Å². The summed E-state index contributed by atoms with van der Waals surface area (Å²) in [5.74, 6) is -0.320. The third-order valence-corrected chi connectivity index (χ3v) is 3.68. The second-order valence-corrected chi connectivity index (χ2v) is 5.30. The Balaban J connectivity index is 1.83. The molecule has 0 saturated heterocycles. The second-order valence-electron chi connectivity index (χ2n) is 5.30. The lowest BCUT2D eigenvalue weighted by molar-refractivity contribution is 0.0948. The highest BCUT2D eigenvalue weighted by Gasteiger charge is 2.15. The number of hydrazone groups is 1. The molecule has 0 unspecified atom stereocenters. The van der Waals surface area contributed by atoms with E-state index in [0.717, 1.165) is 5.56 Å². The van der Waals surface area contributed by atoms with Gasteiger partial charge in [0, 0.05) is 6.20 Å². The predicted octanol–water partition coefficient (Wildman–Crippen LogP) is 2.67. The number of rotatable bonds is 3. The number of aromatic nitrogens is 2. The van der Waals surface area contributed by atoms with Gasteiger partial charge in [-0.05, 0) is 43.7 Å². The highest BCUT2D eigenvalue weighted by molar-refractivity contribution is 6.01. The molecule has 24 heavy (non-hydrogen) atoms. The van der Waals surface area contributed by atoms with E-state index in [1.807, 2.05) is 18.2 Å². The van der Waals surface area contributed by atoms with Gasteiger partial charge in [-0.3, -0.25) is 9.20 Å². The molecule has 0 fully saturated rings. The number of hydrogen-bond acceptors (Lipinski definition) is 4. The standard InChI is InChI=1S/C18H15N5O/c1-12(15-8-6-14(11-19)7-9-15)21-22-18(24)17-13(2)20-16-5-3-4-10-23(16)17/h3-10H,1-2H3,(H,22,24)/b21-12+. The SMILES string of the molecule is C/C(=N\NC(=O)c1c(C)nc2ccccn12)c1ccc(C#N)cc1. The molecular weight excluding hydrogens is 302 g/mol. The predicted molar refractivity (Wildman–Crippen MR) is 90.8 cm³/mol. The van der Waals surface area contributed by atoms with E-state index in [1.54, 1.807) is 48.7 Å². The first-order chi connectivity index (χ1) is 11.6. The van der Waals surface area contributed by atoms with Crippen molar-refractivity contribution >= 4 is 17.3 Å². The highest BCUT2D eigenvalue weighted by Crippen LogP contribution is 2.11. The van der Waals surface area contributed by atoms with Crippen molar-refractivity contribution in [2.24, 2.45) is 5.10 Å². The summed E-state index contributed by atoms with van der Waals surface area (Å²) in [7, 11) is 0. The molecule has 0 aliphatic carbocycles. The highest BCUT2D eigenvalue weighted by atomic mass is 16.2. The average molecular weight is 317 g/mol. The molecule has 2 heterocycles. The van der Waals surface area contributed by atoms with Gasteiger partial charge in [-0.2, -0.15) is 10.4 Å². The molecule has 0 atom stereocenters. The van der Waals surface area contributed by atoms with Crippen LogP contribution in [0.3, 0.4) is 0 Å². The Morgan fingerprint density at radius 3 is 2.71 bits per heavy atom. The Morgan fingerprint density at radius 2 is 2.00 bits per heavy atom. The number of pyridine rings is 1. The minimum absolute atomic E-state index is 0.320. The van der Waals surface area contributed by atoms with Crippen molar-refractivity contribution in [1.82, 2.24) is 14.8 Å². The second kappa shape index (κ2) is 6.34. The lowest BCUT2D eigenvalue weighted by Crippen LogP contribution is -2.21. The number of imidazole rings is 1. The zero-order valence-corrected chi connectivity index (χ0v) is 13.3. The summed E-state index contributed by atoms with van der Waals surface area (Å²) in [5, 5.41) is 13.0. The fourth-order valence-electron chi connectivity index (χ4n) is 2.43. The minimum Gasteiger partial charge on any atom is -0.295 e. The van der Waals surface area contributed by atoms with Crippen LogP contribution in [0.2, 0.25) is 0 Å². The number of carbonyl (C=O) groups excluding carboxylic acids is 1. The Kier molecular flexibility index (Phi) is 4.08. The van der Waals surface area contributed by atoms with Crippen molar-refractivity contribution in [1.29, 1.82) is 5.26 Å². The van der Waals surface area contributed by atoms with Crippen LogP contribution in [0, 0.1) is 18.3 Å². The van der Waals surface area contributed by atoms with Gasteiger partial charge in [-0.1, -0.05) is 18.2 Å². The van der Waals surface area contributed by atoms with Crippen molar-refractivity contribution in [2.75, 3.05) is 0 Å². The molecule has 1 amide bonds. The third-order valence-electron chi connectivity index (χ3n) is 3.68. The van der Waals surface area contributed by atoms with Gasteiger partial charge in [0.25, 0.3) is 5.91 Å². The number of hydrogen-bond donors (Lipinski definition) is 1. The molecule has 0 spiro atoms. The largest absolute Gasteiger partial charge is 0.295 e. The maximum Gasteiger partial charge on any atom is 0.290 e. The molecule has 3 aromatic rings. The zero-order chi connectivity index (χ0) is 17.1. The molecule has 1 aromatic carbocycles. The van der Waals surface area contributed by atoms with E-state index in [1.165, 1.54) is 0 Å². The maximum absolute atomic E-state index is 12.5. The molecule has 118 valence electrons. The van der Waals surface area contributed by atoms with Crippen LogP contribution in [0.15, 0.2) is 53.8 Å². The summed E-state index contributed by atoms with van der Waals surface area (Å²) in [6.07, 6.45) is 1.79. The van der Waals surface area contributed by atoms with E-state index in [9.17, 15) is 4.79 Å². The van der Waals surface area contributed by atoms with Crippen molar-refractivity contribution in [3.05, 3.63) is 71.2 Å². The summed E-state index contributed by atoms with van der Waals surface area (Å²) in [6.45, 7) is 3.59. The number of nitrogens with zero attached hydrogens (tertiary/aromatic N) is 4. The first kappa shape index (κ1) is 15.4. The topological polar surface area (TPSA) is 82.6 Å². The smallest absolute Gasteiger partial charge is 0.290 e. The van der Waals surface area contributed by atoms with E-state index in [-0.39, 0.29) is 5.91 Å². The number of nitrogens with one attached hydrogen (secondary N) is 1. The fourth-order valence-corrected chi connectivity index (χ4v) is 2.43. The molecule has 6 heteroatoms. The van der Waals surface area contributed by atoms with Crippen LogP contribution < -0.4 is 5.43 Å². The van der Waals surface area contributed by atoms with E-state index < -0.39 is 0 Å². The lowest BCUT2D eigenvalue weighted by atomic mass is 10.1. The Morgan fingerprint density at radius 1 is 1.25 bits per heavy atom. The van der Waals surface area contributed by atoms with Gasteiger partial charge >= 0.3 is 0 Å². The lowest BCUT2D eigenvalue weighted by Gasteiger charge is -2.04. The van der Waals surface area contributed by atoms with Gasteiger partial charge in [0.15, 0.2) is 0 Å². The van der Waals surface area contributed by atoms with Gasteiger partial charge < -0.3 is 0 Å². The normalized spacial score (nSPS) is 11.3. The monoisotopic (exact) mass is 317 g/mol. The zero-order valence-electron chi connectivity index (χ0n) is 13.3. The van der Waals surface area contributed by atoms with Gasteiger partial charge in [-0.25, -0.2) is 10.4 Å². The van der Waals surface area contributed by atoms with Crippen molar-refractivity contribution < 1.29 is 4.79 Å². The molecule has 0 aliphatic rings. The van der Waals surface area contributed by atoms with Crippen LogP contribution in [-0.4, -0.2) is 21.0 Å². The van der Waals surface area contributed by atoms with Crippen LogP contribution in [-0.2, 0) is 0 Å². The quantitative estimate of drug-likeness (QED) is 0.595. The van der Waals surface area contributed by atoms with E-state index in [4.69, 9.17) is 5.26 Å². The molecular formula is C18H15N5O. The molecule has 2 aromatic heterocycles. The number of benzene rings is 1. The molecule has 0 bridgehead atoms. The van der Waals surface area contributed by atoms with Crippen LogP contribution in [0.5, 0.6) is 0 Å². The van der Waals surface area contributed by atoms with E-state index in [0.29, 0.717) is 28.3 Å². The minimum atomic E-state index is -0.320. The molecule has 1 N–H and O–H groups in total. The van der Waals surface area contributed by atoms with Gasteiger partial charge in [0.2, 0.25) is 0 Å². The fraction of sp³-hybridized carbons (Fsp3) is 0.111. The van der Waals surface area contributed by atoms with E-state index in [2.05, 4.69) is 21.6 Å². The molecule has 0 radical (unpaired) electrons. The maximum atomic E-state index is 12.5. The third kappa shape index (κ3) is 2.88. The Hall–Kier alpha value is -3.46. The number of nitriles is 1. The number of fused-ring (bicyclic) bond motifs is 1. The number of aryl methyl sites for hydroxylation is 1. The molecule has 3 rings (SSSR count). The average Bonchev–Trinajstić information content (AvgIpc) is 2.95. The first-order valence-electron chi connectivity index (χ1n) is 7.39. The van der Waals surface area contributed by atoms with Crippen LogP contribution in [0.4, 0.5) is 0 Å². The van der Waals surface area contributed by atoms with Crippen LogP contribution in [0.25, 0.3) is 5.65 Å². The van der Waals surface area contributed by atoms with Crippen molar-refractivity contribution in [3.8, 4) is 6.07 Å². The number of amides is 1. The number of carbonyl (C=O) groups is 1. The summed E-state index contributed by atoms with van der Waals surface area (Å²) in [6, 6.07) is 14.6. The Bertz CT molecular complexity index is 977. The van der Waals surface area contributed by atoms with Gasteiger partial charge in [-0.15, -0.1) is 0 Å². The van der Waals surface area contributed by atoms with Crippen LogP contribution >= 0.6 is 0 Å². The molecule has 0 saturated carbocycles. The summed E-state index contributed by atoms with van der Waals surface area (Å²) < 4.78 is 1.73.